The van der Waals surface area contributed by atoms with Gasteiger partial charge in [0.25, 0.3) is 0 Å². The minimum atomic E-state index is 0.312. The van der Waals surface area contributed by atoms with E-state index in [1.807, 2.05) is 0 Å². The summed E-state index contributed by atoms with van der Waals surface area (Å²) >= 11 is 0. The molecule has 0 bridgehead atoms. The third-order valence-corrected chi connectivity index (χ3v) is 1.64. The van der Waals surface area contributed by atoms with E-state index in [9.17, 15) is 0 Å². The Labute approximate surface area is 70.9 Å². The maximum absolute atomic E-state index is 3.35. The van der Waals surface area contributed by atoms with Gasteiger partial charge in [-0.2, -0.15) is 0 Å². The molecule has 1 nitrogen and oxygen atoms in total. The first kappa shape index (κ1) is 10.7. The minimum absolute atomic E-state index is 0.312. The van der Waals surface area contributed by atoms with Gasteiger partial charge in [-0.3, -0.25) is 0 Å². The van der Waals surface area contributed by atoms with Gasteiger partial charge in [-0.15, -0.1) is 0 Å². The summed E-state index contributed by atoms with van der Waals surface area (Å²) in [6.45, 7) is 10.9. The largest absolute Gasteiger partial charge is 0.316 e. The van der Waals surface area contributed by atoms with Gasteiger partial charge >= 0.3 is 0 Å². The van der Waals surface area contributed by atoms with E-state index in [1.165, 1.54) is 0 Å². The van der Waals surface area contributed by atoms with Gasteiger partial charge in [0.15, 0.2) is 0 Å². The van der Waals surface area contributed by atoms with Gasteiger partial charge in [-0.25, -0.2) is 0 Å². The molecule has 0 aliphatic heterocycles. The first-order chi connectivity index (χ1) is 5.12. The monoisotopic (exact) mass is 155 g/mol. The van der Waals surface area contributed by atoms with E-state index >= 15 is 0 Å². The Morgan fingerprint density at radius 2 is 1.91 bits per heavy atom. The fraction of sp³-hybridized carbons (Fsp3) is 0.800. The molecular weight excluding hydrogens is 134 g/mol. The van der Waals surface area contributed by atoms with Crippen molar-refractivity contribution in [3.05, 3.63) is 12.2 Å². The van der Waals surface area contributed by atoms with Crippen molar-refractivity contribution < 1.29 is 0 Å². The predicted octanol–water partition coefficient (Wildman–Crippen LogP) is 2.59. The summed E-state index contributed by atoms with van der Waals surface area (Å²) < 4.78 is 0. The van der Waals surface area contributed by atoms with Gasteiger partial charge in [-0.1, -0.05) is 39.8 Å². The maximum Gasteiger partial charge on any atom is 0.00371 e. The molecule has 0 aromatic heterocycles. The van der Waals surface area contributed by atoms with Crippen molar-refractivity contribution in [3.8, 4) is 0 Å². The lowest BCUT2D eigenvalue weighted by atomic mass is 9.93. The van der Waals surface area contributed by atoms with Crippen LogP contribution in [0, 0.1) is 5.41 Å². The third kappa shape index (κ3) is 6.11. The quantitative estimate of drug-likeness (QED) is 0.602. The van der Waals surface area contributed by atoms with Gasteiger partial charge in [0, 0.05) is 6.54 Å². The summed E-state index contributed by atoms with van der Waals surface area (Å²) in [4.78, 5) is 0. The van der Waals surface area contributed by atoms with Crippen LogP contribution in [0.1, 0.15) is 34.1 Å². The molecule has 0 saturated carbocycles. The van der Waals surface area contributed by atoms with Crippen molar-refractivity contribution in [1.82, 2.24) is 5.32 Å². The molecule has 0 radical (unpaired) electrons. The number of hydrogen-bond acceptors (Lipinski definition) is 1. The normalized spacial score (nSPS) is 12.7. The van der Waals surface area contributed by atoms with Gasteiger partial charge < -0.3 is 5.32 Å². The zero-order chi connectivity index (χ0) is 8.74. The Kier molecular flexibility index (Phi) is 5.22. The van der Waals surface area contributed by atoms with Crippen molar-refractivity contribution in [2.75, 3.05) is 13.1 Å². The van der Waals surface area contributed by atoms with E-state index in [0.717, 1.165) is 19.5 Å². The van der Waals surface area contributed by atoms with E-state index in [1.54, 1.807) is 0 Å². The van der Waals surface area contributed by atoms with Gasteiger partial charge in [0.2, 0.25) is 0 Å². The van der Waals surface area contributed by atoms with Crippen LogP contribution in [0.2, 0.25) is 0 Å². The molecule has 1 heteroatoms. The van der Waals surface area contributed by atoms with Gasteiger partial charge in [0.1, 0.15) is 0 Å². The molecule has 11 heavy (non-hydrogen) atoms. The first-order valence-electron chi connectivity index (χ1n) is 4.51. The average Bonchev–Trinajstić information content (AvgIpc) is 1.97. The summed E-state index contributed by atoms with van der Waals surface area (Å²) in [5.41, 5.74) is 0.312. The van der Waals surface area contributed by atoms with Gasteiger partial charge in [-0.05, 0) is 18.4 Å². The van der Waals surface area contributed by atoms with Crippen molar-refractivity contribution in [1.29, 1.82) is 0 Å². The molecule has 0 aliphatic rings. The second-order valence-corrected chi connectivity index (χ2v) is 3.58. The maximum atomic E-state index is 3.35. The topological polar surface area (TPSA) is 12.0 Å². The van der Waals surface area contributed by atoms with E-state index < -0.39 is 0 Å². The molecular formula is C10H21N. The van der Waals surface area contributed by atoms with E-state index in [4.69, 9.17) is 0 Å². The Morgan fingerprint density at radius 3 is 2.36 bits per heavy atom. The van der Waals surface area contributed by atoms with Crippen LogP contribution < -0.4 is 5.32 Å². The summed E-state index contributed by atoms with van der Waals surface area (Å²) in [6, 6.07) is 0. The number of hydrogen-bond donors (Lipinski definition) is 1. The number of nitrogens with one attached hydrogen (secondary N) is 1. The number of allylic oxidation sites excluding steroid dienone is 1. The highest BCUT2D eigenvalue weighted by atomic mass is 14.9. The second kappa shape index (κ2) is 5.36. The van der Waals surface area contributed by atoms with Crippen molar-refractivity contribution >= 4 is 0 Å². The summed E-state index contributed by atoms with van der Waals surface area (Å²) in [5, 5.41) is 3.35. The first-order valence-corrected chi connectivity index (χ1v) is 4.51. The van der Waals surface area contributed by atoms with Crippen molar-refractivity contribution in [2.24, 2.45) is 5.41 Å². The Hall–Kier alpha value is -0.300. The zero-order valence-electron chi connectivity index (χ0n) is 8.28. The summed E-state index contributed by atoms with van der Waals surface area (Å²) in [5.74, 6) is 0. The molecule has 0 saturated heterocycles. The molecule has 66 valence electrons. The van der Waals surface area contributed by atoms with Crippen LogP contribution in [-0.4, -0.2) is 13.1 Å². The van der Waals surface area contributed by atoms with Crippen molar-refractivity contribution in [3.63, 3.8) is 0 Å². The molecule has 0 aliphatic carbocycles. The van der Waals surface area contributed by atoms with E-state index in [2.05, 4.69) is 45.2 Å². The lowest BCUT2D eigenvalue weighted by Gasteiger charge is -2.20. The van der Waals surface area contributed by atoms with E-state index in [-0.39, 0.29) is 0 Å². The molecule has 0 amide bonds. The molecule has 0 rings (SSSR count). The second-order valence-electron chi connectivity index (χ2n) is 3.58. The molecule has 1 N–H and O–H groups in total. The van der Waals surface area contributed by atoms with Crippen molar-refractivity contribution in [2.45, 2.75) is 34.1 Å². The average molecular weight is 155 g/mol. The predicted molar refractivity (Wildman–Crippen MR) is 51.8 cm³/mol. The third-order valence-electron chi connectivity index (χ3n) is 1.64. The Balaban J connectivity index is 3.69. The van der Waals surface area contributed by atoms with Crippen LogP contribution in [0.3, 0.4) is 0 Å². The van der Waals surface area contributed by atoms with Crippen LogP contribution >= 0.6 is 0 Å². The molecule has 0 fully saturated rings. The number of rotatable bonds is 5. The summed E-state index contributed by atoms with van der Waals surface area (Å²) in [7, 11) is 0. The Bertz CT molecular complexity index is 114. The molecule has 0 aromatic rings. The molecule has 0 spiro atoms. The molecule has 0 atom stereocenters. The highest BCUT2D eigenvalue weighted by molar-refractivity contribution is 4.95. The lowest BCUT2D eigenvalue weighted by Crippen LogP contribution is -2.27. The fourth-order valence-electron chi connectivity index (χ4n) is 0.943. The van der Waals surface area contributed by atoms with Crippen LogP contribution in [0.15, 0.2) is 12.2 Å². The highest BCUT2D eigenvalue weighted by Crippen LogP contribution is 2.15. The minimum Gasteiger partial charge on any atom is -0.316 e. The van der Waals surface area contributed by atoms with E-state index in [0.29, 0.717) is 5.41 Å². The van der Waals surface area contributed by atoms with Crippen LogP contribution in [0.5, 0.6) is 0 Å². The standard InChI is InChI=1S/C10H21N/c1-5-7-8-10(3,4)9-11-6-2/h7-8,11H,5-6,9H2,1-4H3/b8-7-. The lowest BCUT2D eigenvalue weighted by molar-refractivity contribution is 0.439. The fourth-order valence-corrected chi connectivity index (χ4v) is 0.943. The zero-order valence-corrected chi connectivity index (χ0v) is 8.28. The van der Waals surface area contributed by atoms with Crippen LogP contribution in [-0.2, 0) is 0 Å². The highest BCUT2D eigenvalue weighted by Gasteiger charge is 2.11. The van der Waals surface area contributed by atoms with Crippen LogP contribution in [0.4, 0.5) is 0 Å². The smallest absolute Gasteiger partial charge is 0.00371 e. The van der Waals surface area contributed by atoms with Crippen LogP contribution in [0.25, 0.3) is 0 Å². The summed E-state index contributed by atoms with van der Waals surface area (Å²) in [6.07, 6.45) is 5.66. The molecule has 0 aromatic carbocycles. The molecule has 0 heterocycles. The molecule has 0 unspecified atom stereocenters. The SMILES string of the molecule is CC/C=C\C(C)(C)CNCC. The Morgan fingerprint density at radius 1 is 1.27 bits per heavy atom. The van der Waals surface area contributed by atoms with Gasteiger partial charge in [0.05, 0.1) is 0 Å².